The van der Waals surface area contributed by atoms with Gasteiger partial charge in [-0.1, -0.05) is 0 Å². The van der Waals surface area contributed by atoms with Crippen molar-refractivity contribution in [2.45, 2.75) is 25.8 Å². The van der Waals surface area contributed by atoms with Gasteiger partial charge in [0.05, 0.1) is 0 Å². The van der Waals surface area contributed by atoms with E-state index >= 15 is 0 Å². The lowest BCUT2D eigenvalue weighted by atomic mass is 10.2. The Balaban J connectivity index is 1.65. The van der Waals surface area contributed by atoms with Crippen molar-refractivity contribution in [3.05, 3.63) is 40.8 Å². The molecule has 1 heterocycles. The Bertz CT molecular complexity index is 748. The van der Waals surface area contributed by atoms with Gasteiger partial charge in [0.2, 0.25) is 0 Å². The number of hydrogen-bond donors (Lipinski definition) is 0. The first-order valence-electron chi connectivity index (χ1n) is 7.47. The second kappa shape index (κ2) is 5.83. The summed E-state index contributed by atoms with van der Waals surface area (Å²) in [5, 5.41) is 0.817. The van der Waals surface area contributed by atoms with E-state index in [0.29, 0.717) is 17.3 Å². The fourth-order valence-electron chi connectivity index (χ4n) is 2.50. The number of likely N-dealkylation sites (N-methyl/N-ethyl adjacent to an activating group) is 1. The van der Waals surface area contributed by atoms with E-state index in [1.807, 2.05) is 7.05 Å². The maximum atomic E-state index is 12.1. The standard InChI is InChI=1S/C17H19NO4/c1-11(12-3-4-12)18(2)16(19)10-21-14-7-5-13-6-8-17(20)22-15(13)9-14/h5-9,11-12H,3-4,10H2,1-2H3. The van der Waals surface area contributed by atoms with Crippen molar-refractivity contribution in [3.8, 4) is 5.75 Å². The molecule has 0 radical (unpaired) electrons. The number of hydrogen-bond acceptors (Lipinski definition) is 4. The SMILES string of the molecule is CC(C1CC1)N(C)C(=O)COc1ccc2ccc(=O)oc2c1. The molecule has 22 heavy (non-hydrogen) atoms. The van der Waals surface area contributed by atoms with Crippen molar-refractivity contribution in [2.75, 3.05) is 13.7 Å². The Labute approximate surface area is 128 Å². The molecule has 0 spiro atoms. The van der Waals surface area contributed by atoms with Gasteiger partial charge in [0, 0.05) is 30.6 Å². The molecule has 1 aliphatic carbocycles. The maximum Gasteiger partial charge on any atom is 0.336 e. The molecule has 2 aromatic rings. The van der Waals surface area contributed by atoms with Gasteiger partial charge in [-0.25, -0.2) is 4.79 Å². The fraction of sp³-hybridized carbons (Fsp3) is 0.412. The van der Waals surface area contributed by atoms with Gasteiger partial charge in [-0.15, -0.1) is 0 Å². The predicted octanol–water partition coefficient (Wildman–Crippen LogP) is 2.43. The van der Waals surface area contributed by atoms with Gasteiger partial charge in [0.1, 0.15) is 11.3 Å². The summed E-state index contributed by atoms with van der Waals surface area (Å²) in [5.74, 6) is 1.10. The number of benzene rings is 1. The first kappa shape index (κ1) is 14.6. The maximum absolute atomic E-state index is 12.1. The molecule has 5 nitrogen and oxygen atoms in total. The molecule has 3 rings (SSSR count). The number of carbonyl (C=O) groups excluding carboxylic acids is 1. The van der Waals surface area contributed by atoms with Crippen molar-refractivity contribution >= 4 is 16.9 Å². The van der Waals surface area contributed by atoms with Crippen LogP contribution in [0.5, 0.6) is 5.75 Å². The summed E-state index contributed by atoms with van der Waals surface area (Å²) in [7, 11) is 1.81. The third-order valence-electron chi connectivity index (χ3n) is 4.27. The van der Waals surface area contributed by atoms with Crippen LogP contribution < -0.4 is 10.4 Å². The molecule has 1 atom stereocenters. The summed E-state index contributed by atoms with van der Waals surface area (Å²) >= 11 is 0. The van der Waals surface area contributed by atoms with Crippen LogP contribution in [0.15, 0.2) is 39.5 Å². The number of fused-ring (bicyclic) bond motifs is 1. The molecule has 1 saturated carbocycles. The average molecular weight is 301 g/mol. The van der Waals surface area contributed by atoms with Crippen LogP contribution in [0.2, 0.25) is 0 Å². The molecule has 1 fully saturated rings. The Morgan fingerprint density at radius 3 is 2.82 bits per heavy atom. The van der Waals surface area contributed by atoms with E-state index in [1.165, 1.54) is 18.9 Å². The Hall–Kier alpha value is -2.30. The van der Waals surface area contributed by atoms with E-state index in [9.17, 15) is 9.59 Å². The highest BCUT2D eigenvalue weighted by molar-refractivity contribution is 5.79. The van der Waals surface area contributed by atoms with E-state index < -0.39 is 5.63 Å². The van der Waals surface area contributed by atoms with Crippen LogP contribution in [0, 0.1) is 5.92 Å². The molecule has 0 N–H and O–H groups in total. The van der Waals surface area contributed by atoms with Crippen molar-refractivity contribution in [1.29, 1.82) is 0 Å². The predicted molar refractivity (Wildman–Crippen MR) is 82.9 cm³/mol. The van der Waals surface area contributed by atoms with Crippen LogP contribution in [0.3, 0.4) is 0 Å². The van der Waals surface area contributed by atoms with Crippen LogP contribution in [0.1, 0.15) is 19.8 Å². The summed E-state index contributed by atoms with van der Waals surface area (Å²) in [5.41, 5.74) is 0.0517. The Morgan fingerprint density at radius 1 is 1.36 bits per heavy atom. The highest BCUT2D eigenvalue weighted by Crippen LogP contribution is 2.34. The largest absolute Gasteiger partial charge is 0.484 e. The third-order valence-corrected chi connectivity index (χ3v) is 4.27. The van der Waals surface area contributed by atoms with Gasteiger partial charge in [-0.05, 0) is 43.9 Å². The highest BCUT2D eigenvalue weighted by Gasteiger charge is 2.32. The van der Waals surface area contributed by atoms with Crippen LogP contribution in [0.25, 0.3) is 11.0 Å². The second-order valence-electron chi connectivity index (χ2n) is 5.83. The third kappa shape index (κ3) is 3.13. The van der Waals surface area contributed by atoms with E-state index in [0.717, 1.165) is 5.39 Å². The quantitative estimate of drug-likeness (QED) is 0.796. The van der Waals surface area contributed by atoms with Crippen LogP contribution in [-0.4, -0.2) is 30.5 Å². The van der Waals surface area contributed by atoms with Crippen molar-refractivity contribution in [2.24, 2.45) is 5.92 Å². The first-order chi connectivity index (χ1) is 10.5. The van der Waals surface area contributed by atoms with Gasteiger partial charge in [-0.2, -0.15) is 0 Å². The zero-order valence-electron chi connectivity index (χ0n) is 12.7. The molecule has 0 aliphatic heterocycles. The Morgan fingerprint density at radius 2 is 2.09 bits per heavy atom. The molecule has 1 unspecified atom stereocenters. The molecular formula is C17H19NO4. The topological polar surface area (TPSA) is 59.8 Å². The lowest BCUT2D eigenvalue weighted by molar-refractivity contribution is -0.134. The first-order valence-corrected chi connectivity index (χ1v) is 7.47. The highest BCUT2D eigenvalue weighted by atomic mass is 16.5. The summed E-state index contributed by atoms with van der Waals surface area (Å²) in [6.07, 6.45) is 2.40. The van der Waals surface area contributed by atoms with Gasteiger partial charge < -0.3 is 14.1 Å². The minimum Gasteiger partial charge on any atom is -0.484 e. The summed E-state index contributed by atoms with van der Waals surface area (Å²) in [6.45, 7) is 2.05. The van der Waals surface area contributed by atoms with Crippen LogP contribution in [-0.2, 0) is 4.79 Å². The van der Waals surface area contributed by atoms with Crippen LogP contribution >= 0.6 is 0 Å². The summed E-state index contributed by atoms with van der Waals surface area (Å²) < 4.78 is 10.6. The number of carbonyl (C=O) groups is 1. The van der Waals surface area contributed by atoms with Gasteiger partial charge in [0.25, 0.3) is 5.91 Å². The minimum atomic E-state index is -0.404. The normalized spacial score (nSPS) is 15.5. The molecule has 1 aromatic carbocycles. The molecule has 5 heteroatoms. The van der Waals surface area contributed by atoms with E-state index in [4.69, 9.17) is 9.15 Å². The van der Waals surface area contributed by atoms with E-state index in [1.54, 1.807) is 29.2 Å². The smallest absolute Gasteiger partial charge is 0.336 e. The number of nitrogens with zero attached hydrogens (tertiary/aromatic N) is 1. The average Bonchev–Trinajstić information content (AvgIpc) is 3.35. The lowest BCUT2D eigenvalue weighted by Gasteiger charge is -2.24. The van der Waals surface area contributed by atoms with Crippen molar-refractivity contribution < 1.29 is 13.9 Å². The van der Waals surface area contributed by atoms with E-state index in [2.05, 4.69) is 6.92 Å². The zero-order chi connectivity index (χ0) is 15.7. The second-order valence-corrected chi connectivity index (χ2v) is 5.83. The molecule has 1 aromatic heterocycles. The van der Waals surface area contributed by atoms with Gasteiger partial charge in [-0.3, -0.25) is 4.79 Å². The number of ether oxygens (including phenoxy) is 1. The monoisotopic (exact) mass is 301 g/mol. The molecule has 1 aliphatic rings. The molecule has 1 amide bonds. The molecule has 116 valence electrons. The lowest BCUT2D eigenvalue weighted by Crippen LogP contribution is -2.39. The molecule has 0 bridgehead atoms. The van der Waals surface area contributed by atoms with Gasteiger partial charge >= 0.3 is 5.63 Å². The summed E-state index contributed by atoms with van der Waals surface area (Å²) in [6, 6.07) is 8.52. The Kier molecular flexibility index (Phi) is 3.88. The number of rotatable bonds is 5. The molecular weight excluding hydrogens is 282 g/mol. The van der Waals surface area contributed by atoms with Gasteiger partial charge in [0.15, 0.2) is 6.61 Å². The molecule has 0 saturated heterocycles. The summed E-state index contributed by atoms with van der Waals surface area (Å²) in [4.78, 5) is 25.1. The van der Waals surface area contributed by atoms with Crippen molar-refractivity contribution in [1.82, 2.24) is 4.90 Å². The minimum absolute atomic E-state index is 0.0177. The fourth-order valence-corrected chi connectivity index (χ4v) is 2.50. The number of amides is 1. The van der Waals surface area contributed by atoms with Crippen LogP contribution in [0.4, 0.5) is 0 Å². The zero-order valence-corrected chi connectivity index (χ0v) is 12.7. The van der Waals surface area contributed by atoms with Crippen molar-refractivity contribution in [3.63, 3.8) is 0 Å². The van der Waals surface area contributed by atoms with E-state index in [-0.39, 0.29) is 18.6 Å².